The van der Waals surface area contributed by atoms with Crippen LogP contribution in [0.1, 0.15) is 23.4 Å². The SMILES string of the molecule is Cc1noc(C)c1CCC(=O)Nc1cc2c(cc1Cl)OCCO2. The first-order chi connectivity index (χ1) is 11.0. The highest BCUT2D eigenvalue weighted by Crippen LogP contribution is 2.38. The Morgan fingerprint density at radius 2 is 1.96 bits per heavy atom. The van der Waals surface area contributed by atoms with Crippen molar-refractivity contribution in [1.29, 1.82) is 0 Å². The fourth-order valence-corrected chi connectivity index (χ4v) is 2.67. The number of anilines is 1. The number of rotatable bonds is 4. The van der Waals surface area contributed by atoms with E-state index >= 15 is 0 Å². The van der Waals surface area contributed by atoms with E-state index in [-0.39, 0.29) is 5.91 Å². The molecule has 122 valence electrons. The summed E-state index contributed by atoms with van der Waals surface area (Å²) in [5.74, 6) is 1.79. The Kier molecular flexibility index (Phi) is 4.43. The summed E-state index contributed by atoms with van der Waals surface area (Å²) in [5.41, 5.74) is 2.29. The van der Waals surface area contributed by atoms with Gasteiger partial charge in [0.1, 0.15) is 19.0 Å². The summed E-state index contributed by atoms with van der Waals surface area (Å²) in [6.45, 7) is 4.67. The van der Waals surface area contributed by atoms with Crippen molar-refractivity contribution in [3.8, 4) is 11.5 Å². The minimum absolute atomic E-state index is 0.136. The lowest BCUT2D eigenvalue weighted by Gasteiger charge is -2.20. The first-order valence-electron chi connectivity index (χ1n) is 7.35. The maximum absolute atomic E-state index is 12.2. The summed E-state index contributed by atoms with van der Waals surface area (Å²) in [4.78, 5) is 12.2. The van der Waals surface area contributed by atoms with Crippen LogP contribution in [0.15, 0.2) is 16.7 Å². The Bertz CT molecular complexity index is 722. The Hall–Kier alpha value is -2.21. The predicted molar refractivity (Wildman–Crippen MR) is 85.4 cm³/mol. The fraction of sp³-hybridized carbons (Fsp3) is 0.375. The first kappa shape index (κ1) is 15.7. The number of carbonyl (C=O) groups excluding carboxylic acids is 1. The molecule has 0 bridgehead atoms. The monoisotopic (exact) mass is 336 g/mol. The van der Waals surface area contributed by atoms with E-state index in [1.165, 1.54) is 0 Å². The van der Waals surface area contributed by atoms with Crippen LogP contribution in [0.2, 0.25) is 5.02 Å². The highest BCUT2D eigenvalue weighted by molar-refractivity contribution is 6.34. The van der Waals surface area contributed by atoms with E-state index < -0.39 is 0 Å². The molecule has 0 unspecified atom stereocenters. The Labute approximate surface area is 138 Å². The number of benzene rings is 1. The molecule has 23 heavy (non-hydrogen) atoms. The summed E-state index contributed by atoms with van der Waals surface area (Å²) >= 11 is 6.18. The zero-order valence-electron chi connectivity index (χ0n) is 12.9. The van der Waals surface area contributed by atoms with E-state index in [1.54, 1.807) is 12.1 Å². The largest absolute Gasteiger partial charge is 0.486 e. The van der Waals surface area contributed by atoms with Gasteiger partial charge in [-0.05, 0) is 20.3 Å². The maximum Gasteiger partial charge on any atom is 0.224 e. The zero-order chi connectivity index (χ0) is 16.4. The molecular weight excluding hydrogens is 320 g/mol. The van der Waals surface area contributed by atoms with Crippen LogP contribution in [0.4, 0.5) is 5.69 Å². The molecule has 7 heteroatoms. The van der Waals surface area contributed by atoms with Gasteiger partial charge < -0.3 is 19.3 Å². The average molecular weight is 337 g/mol. The van der Waals surface area contributed by atoms with Crippen molar-refractivity contribution in [2.75, 3.05) is 18.5 Å². The number of nitrogens with one attached hydrogen (secondary N) is 1. The van der Waals surface area contributed by atoms with Crippen molar-refractivity contribution >= 4 is 23.2 Å². The standard InChI is InChI=1S/C16H17ClN2O4/c1-9-11(10(2)23-19-9)3-4-16(20)18-13-8-15-14(7-12(13)17)21-5-6-22-15/h7-8H,3-6H2,1-2H3,(H,18,20). The predicted octanol–water partition coefficient (Wildman–Crippen LogP) is 3.29. The van der Waals surface area contributed by atoms with Crippen molar-refractivity contribution in [3.63, 3.8) is 0 Å². The van der Waals surface area contributed by atoms with Crippen LogP contribution in [0, 0.1) is 13.8 Å². The van der Waals surface area contributed by atoms with Crippen LogP contribution >= 0.6 is 11.6 Å². The smallest absolute Gasteiger partial charge is 0.224 e. The van der Waals surface area contributed by atoms with Gasteiger partial charge in [0.15, 0.2) is 11.5 Å². The van der Waals surface area contributed by atoms with Crippen LogP contribution in [0.3, 0.4) is 0 Å². The summed E-state index contributed by atoms with van der Waals surface area (Å²) < 4.78 is 16.0. The third-order valence-electron chi connectivity index (χ3n) is 3.69. The number of hydrogen-bond acceptors (Lipinski definition) is 5. The van der Waals surface area contributed by atoms with E-state index in [2.05, 4.69) is 10.5 Å². The minimum Gasteiger partial charge on any atom is -0.486 e. The summed E-state index contributed by atoms with van der Waals surface area (Å²) in [7, 11) is 0. The summed E-state index contributed by atoms with van der Waals surface area (Å²) in [6.07, 6.45) is 0.878. The van der Waals surface area contributed by atoms with Gasteiger partial charge in [-0.2, -0.15) is 0 Å². The highest BCUT2D eigenvalue weighted by Gasteiger charge is 2.17. The fourth-order valence-electron chi connectivity index (χ4n) is 2.47. The molecule has 0 aliphatic carbocycles. The molecule has 2 aromatic rings. The Morgan fingerprint density at radius 3 is 2.61 bits per heavy atom. The molecule has 2 heterocycles. The number of amides is 1. The van der Waals surface area contributed by atoms with Crippen molar-refractivity contribution in [3.05, 3.63) is 34.2 Å². The number of hydrogen-bond donors (Lipinski definition) is 1. The second-order valence-corrected chi connectivity index (χ2v) is 5.73. The van der Waals surface area contributed by atoms with Gasteiger partial charge in [-0.3, -0.25) is 4.79 Å². The third-order valence-corrected chi connectivity index (χ3v) is 4.00. The second-order valence-electron chi connectivity index (χ2n) is 5.33. The second kappa shape index (κ2) is 6.50. The van der Waals surface area contributed by atoms with Gasteiger partial charge in [0.2, 0.25) is 5.91 Å². The first-order valence-corrected chi connectivity index (χ1v) is 7.73. The molecule has 0 saturated carbocycles. The van der Waals surface area contributed by atoms with E-state index in [0.717, 1.165) is 17.0 Å². The topological polar surface area (TPSA) is 73.6 Å². The maximum atomic E-state index is 12.2. The molecule has 0 radical (unpaired) electrons. The molecule has 1 aromatic heterocycles. The number of carbonyl (C=O) groups is 1. The van der Waals surface area contributed by atoms with E-state index in [9.17, 15) is 4.79 Å². The lowest BCUT2D eigenvalue weighted by molar-refractivity contribution is -0.116. The highest BCUT2D eigenvalue weighted by atomic mass is 35.5. The van der Waals surface area contributed by atoms with Crippen molar-refractivity contribution < 1.29 is 18.8 Å². The van der Waals surface area contributed by atoms with Crippen LogP contribution in [0.25, 0.3) is 0 Å². The summed E-state index contributed by atoms with van der Waals surface area (Å²) in [6, 6.07) is 3.34. The van der Waals surface area contributed by atoms with Crippen LogP contribution in [-0.2, 0) is 11.2 Å². The molecule has 6 nitrogen and oxygen atoms in total. The lowest BCUT2D eigenvalue weighted by Crippen LogP contribution is -2.17. The number of aromatic nitrogens is 1. The molecule has 0 saturated heterocycles. The molecule has 0 spiro atoms. The quantitative estimate of drug-likeness (QED) is 0.927. The van der Waals surface area contributed by atoms with Crippen molar-refractivity contribution in [1.82, 2.24) is 5.16 Å². The number of halogens is 1. The number of fused-ring (bicyclic) bond motifs is 1. The van der Waals surface area contributed by atoms with Gasteiger partial charge in [0.25, 0.3) is 0 Å². The number of ether oxygens (including phenoxy) is 2. The van der Waals surface area contributed by atoms with Gasteiger partial charge in [0, 0.05) is 24.1 Å². The van der Waals surface area contributed by atoms with Crippen molar-refractivity contribution in [2.45, 2.75) is 26.7 Å². The molecule has 1 aliphatic heterocycles. The Morgan fingerprint density at radius 1 is 1.26 bits per heavy atom. The molecule has 1 N–H and O–H groups in total. The molecule has 0 atom stereocenters. The molecular formula is C16H17ClN2O4. The normalized spacial score (nSPS) is 13.0. The van der Waals surface area contributed by atoms with Gasteiger partial charge in [-0.1, -0.05) is 16.8 Å². The summed E-state index contributed by atoms with van der Waals surface area (Å²) in [5, 5.41) is 7.10. The zero-order valence-corrected chi connectivity index (χ0v) is 13.7. The molecule has 1 aliphatic rings. The van der Waals surface area contributed by atoms with Gasteiger partial charge in [-0.15, -0.1) is 0 Å². The van der Waals surface area contributed by atoms with E-state index in [0.29, 0.717) is 48.3 Å². The van der Waals surface area contributed by atoms with Crippen LogP contribution < -0.4 is 14.8 Å². The Balaban J connectivity index is 1.66. The molecule has 1 aromatic carbocycles. The number of nitrogens with zero attached hydrogens (tertiary/aromatic N) is 1. The molecule has 1 amide bonds. The number of aryl methyl sites for hydroxylation is 2. The van der Waals surface area contributed by atoms with Gasteiger partial charge in [-0.25, -0.2) is 0 Å². The minimum atomic E-state index is -0.136. The van der Waals surface area contributed by atoms with Crippen LogP contribution in [-0.4, -0.2) is 24.3 Å². The van der Waals surface area contributed by atoms with E-state index in [1.807, 2.05) is 13.8 Å². The lowest BCUT2D eigenvalue weighted by atomic mass is 10.1. The van der Waals surface area contributed by atoms with E-state index in [4.69, 9.17) is 25.6 Å². The molecule has 0 fully saturated rings. The van der Waals surface area contributed by atoms with Crippen LogP contribution in [0.5, 0.6) is 11.5 Å². The van der Waals surface area contributed by atoms with Gasteiger partial charge >= 0.3 is 0 Å². The average Bonchev–Trinajstić information content (AvgIpc) is 2.85. The molecule has 3 rings (SSSR count). The van der Waals surface area contributed by atoms with Crippen molar-refractivity contribution in [2.24, 2.45) is 0 Å². The van der Waals surface area contributed by atoms with Gasteiger partial charge in [0.05, 0.1) is 16.4 Å². The third kappa shape index (κ3) is 3.42.